The maximum absolute atomic E-state index is 13.1. The average Bonchev–Trinajstić information content (AvgIpc) is 2.84. The Morgan fingerprint density at radius 1 is 0.909 bits per heavy atom. The number of carbonyl (C=O) groups is 2. The smallest absolute Gasteiger partial charge is 0.356 e. The second kappa shape index (κ2) is 9.71. The van der Waals surface area contributed by atoms with Crippen molar-refractivity contribution in [3.05, 3.63) is 105 Å². The van der Waals surface area contributed by atoms with Gasteiger partial charge in [-0.2, -0.15) is 0 Å². The number of hydrogen-bond donors (Lipinski definition) is 1. The van der Waals surface area contributed by atoms with Gasteiger partial charge in [0.05, 0.1) is 0 Å². The number of benzene rings is 3. The van der Waals surface area contributed by atoms with Crippen LogP contribution in [0, 0.1) is 0 Å². The summed E-state index contributed by atoms with van der Waals surface area (Å²) in [5, 5.41) is 4.35. The SMILES string of the molecule is Cn1c(C(=O)OCC(=O)NCc2ccccc2Cl)c(-c2ccccc2)c2ccccc2c1=O. The van der Waals surface area contributed by atoms with E-state index in [4.69, 9.17) is 16.3 Å². The zero-order chi connectivity index (χ0) is 23.4. The van der Waals surface area contributed by atoms with Crippen LogP contribution in [0.4, 0.5) is 0 Å². The monoisotopic (exact) mass is 460 g/mol. The molecular weight excluding hydrogens is 440 g/mol. The predicted octanol–water partition coefficient (Wildman–Crippen LogP) is 4.33. The first-order chi connectivity index (χ1) is 16.0. The van der Waals surface area contributed by atoms with Gasteiger partial charge in [0.2, 0.25) is 0 Å². The van der Waals surface area contributed by atoms with E-state index in [-0.39, 0.29) is 17.8 Å². The van der Waals surface area contributed by atoms with Crippen molar-refractivity contribution < 1.29 is 14.3 Å². The summed E-state index contributed by atoms with van der Waals surface area (Å²) in [7, 11) is 1.52. The highest BCUT2D eigenvalue weighted by Gasteiger charge is 2.23. The molecule has 0 aliphatic heterocycles. The highest BCUT2D eigenvalue weighted by Crippen LogP contribution is 2.30. The van der Waals surface area contributed by atoms with Crippen molar-refractivity contribution in [2.45, 2.75) is 6.54 Å². The van der Waals surface area contributed by atoms with E-state index in [1.165, 1.54) is 11.6 Å². The Bertz CT molecular complexity index is 1400. The van der Waals surface area contributed by atoms with Crippen LogP contribution in [0.3, 0.4) is 0 Å². The van der Waals surface area contributed by atoms with Crippen LogP contribution in [0.1, 0.15) is 16.1 Å². The normalized spacial score (nSPS) is 10.7. The zero-order valence-corrected chi connectivity index (χ0v) is 18.6. The Labute approximate surface area is 195 Å². The highest BCUT2D eigenvalue weighted by atomic mass is 35.5. The second-order valence-corrected chi connectivity index (χ2v) is 7.85. The van der Waals surface area contributed by atoms with Crippen molar-refractivity contribution in [3.63, 3.8) is 0 Å². The molecule has 0 unspecified atom stereocenters. The fraction of sp³-hybridized carbons (Fsp3) is 0.115. The van der Waals surface area contributed by atoms with E-state index in [9.17, 15) is 14.4 Å². The molecule has 0 saturated heterocycles. The van der Waals surface area contributed by atoms with Crippen LogP contribution in [0.2, 0.25) is 5.02 Å². The Morgan fingerprint density at radius 3 is 2.27 bits per heavy atom. The number of halogens is 1. The fourth-order valence-electron chi connectivity index (χ4n) is 3.69. The molecular formula is C26H21ClN2O4. The third-order valence-corrected chi connectivity index (χ3v) is 5.70. The Morgan fingerprint density at radius 2 is 1.55 bits per heavy atom. The van der Waals surface area contributed by atoms with Gasteiger partial charge in [-0.3, -0.25) is 9.59 Å². The Kier molecular flexibility index (Phi) is 6.56. The summed E-state index contributed by atoms with van der Waals surface area (Å²) in [4.78, 5) is 38.3. The van der Waals surface area contributed by atoms with Crippen LogP contribution >= 0.6 is 11.6 Å². The first-order valence-corrected chi connectivity index (χ1v) is 10.7. The number of nitrogens with zero attached hydrogens (tertiary/aromatic N) is 1. The fourth-order valence-corrected chi connectivity index (χ4v) is 3.89. The van der Waals surface area contributed by atoms with E-state index >= 15 is 0 Å². The van der Waals surface area contributed by atoms with Gasteiger partial charge in [0.15, 0.2) is 6.61 Å². The molecule has 3 aromatic carbocycles. The van der Waals surface area contributed by atoms with E-state index in [0.29, 0.717) is 21.4 Å². The largest absolute Gasteiger partial charge is 0.451 e. The molecule has 1 heterocycles. The van der Waals surface area contributed by atoms with Crippen molar-refractivity contribution in [1.29, 1.82) is 0 Å². The molecule has 0 bridgehead atoms. The molecule has 0 aliphatic rings. The number of ether oxygens (including phenoxy) is 1. The molecule has 0 aliphatic carbocycles. The van der Waals surface area contributed by atoms with Gasteiger partial charge in [0, 0.05) is 29.6 Å². The molecule has 0 fully saturated rings. The molecule has 1 amide bonds. The van der Waals surface area contributed by atoms with Crippen LogP contribution in [0.25, 0.3) is 21.9 Å². The number of amides is 1. The molecule has 0 saturated carbocycles. The number of hydrogen-bond acceptors (Lipinski definition) is 4. The first kappa shape index (κ1) is 22.3. The topological polar surface area (TPSA) is 77.4 Å². The molecule has 4 rings (SSSR count). The van der Waals surface area contributed by atoms with Gasteiger partial charge in [-0.1, -0.05) is 78.3 Å². The number of pyridine rings is 1. The van der Waals surface area contributed by atoms with E-state index in [1.807, 2.05) is 42.5 Å². The molecule has 7 heteroatoms. The summed E-state index contributed by atoms with van der Waals surface area (Å²) >= 11 is 6.10. The summed E-state index contributed by atoms with van der Waals surface area (Å²) in [5.41, 5.74) is 1.86. The van der Waals surface area contributed by atoms with Crippen molar-refractivity contribution in [3.8, 4) is 11.1 Å². The Hall–Kier alpha value is -3.90. The van der Waals surface area contributed by atoms with E-state index in [2.05, 4.69) is 5.32 Å². The summed E-state index contributed by atoms with van der Waals surface area (Å²) < 4.78 is 6.58. The van der Waals surface area contributed by atoms with Gasteiger partial charge in [-0.15, -0.1) is 0 Å². The molecule has 166 valence electrons. The molecule has 4 aromatic rings. The van der Waals surface area contributed by atoms with Crippen LogP contribution in [-0.4, -0.2) is 23.1 Å². The molecule has 0 radical (unpaired) electrons. The molecule has 6 nitrogen and oxygen atoms in total. The molecule has 0 atom stereocenters. The molecule has 0 spiro atoms. The lowest BCUT2D eigenvalue weighted by Gasteiger charge is -2.16. The van der Waals surface area contributed by atoms with Crippen molar-refractivity contribution >= 4 is 34.2 Å². The van der Waals surface area contributed by atoms with Crippen LogP contribution in [0.15, 0.2) is 83.7 Å². The number of aromatic nitrogens is 1. The van der Waals surface area contributed by atoms with Gasteiger partial charge >= 0.3 is 5.97 Å². The number of esters is 1. The molecule has 33 heavy (non-hydrogen) atoms. The lowest BCUT2D eigenvalue weighted by atomic mass is 9.97. The number of fused-ring (bicyclic) bond motifs is 1. The van der Waals surface area contributed by atoms with E-state index in [0.717, 1.165) is 11.1 Å². The maximum atomic E-state index is 13.1. The van der Waals surface area contributed by atoms with Gasteiger partial charge in [0.25, 0.3) is 11.5 Å². The maximum Gasteiger partial charge on any atom is 0.356 e. The minimum atomic E-state index is -0.757. The number of carbonyl (C=O) groups excluding carboxylic acids is 2. The minimum Gasteiger partial charge on any atom is -0.451 e. The van der Waals surface area contributed by atoms with E-state index in [1.54, 1.807) is 36.4 Å². The van der Waals surface area contributed by atoms with Crippen molar-refractivity contribution in [2.75, 3.05) is 6.61 Å². The van der Waals surface area contributed by atoms with Gasteiger partial charge in [0.1, 0.15) is 5.69 Å². The summed E-state index contributed by atoms with van der Waals surface area (Å²) in [6, 6.07) is 23.6. The highest BCUT2D eigenvalue weighted by molar-refractivity contribution is 6.31. The third-order valence-electron chi connectivity index (χ3n) is 5.33. The van der Waals surface area contributed by atoms with Gasteiger partial charge in [-0.25, -0.2) is 4.79 Å². The van der Waals surface area contributed by atoms with Crippen LogP contribution in [0.5, 0.6) is 0 Å². The second-order valence-electron chi connectivity index (χ2n) is 7.44. The summed E-state index contributed by atoms with van der Waals surface area (Å²) in [5.74, 6) is -1.23. The van der Waals surface area contributed by atoms with Crippen LogP contribution < -0.4 is 10.9 Å². The lowest BCUT2D eigenvalue weighted by molar-refractivity contribution is -0.124. The standard InChI is InChI=1S/C26H21ClN2O4/c1-29-24(26(32)33-16-22(30)28-15-18-11-5-8-14-21(18)27)23(17-9-3-2-4-10-17)19-12-6-7-13-20(19)25(29)31/h2-14H,15-16H2,1H3,(H,28,30). The number of rotatable bonds is 6. The first-order valence-electron chi connectivity index (χ1n) is 10.3. The average molecular weight is 461 g/mol. The van der Waals surface area contributed by atoms with Gasteiger partial charge < -0.3 is 14.6 Å². The van der Waals surface area contributed by atoms with Gasteiger partial charge in [-0.05, 0) is 28.6 Å². The Balaban J connectivity index is 1.62. The molecule has 1 N–H and O–H groups in total. The third kappa shape index (κ3) is 4.66. The summed E-state index contributed by atoms with van der Waals surface area (Å²) in [6.07, 6.45) is 0. The van der Waals surface area contributed by atoms with E-state index < -0.39 is 18.5 Å². The van der Waals surface area contributed by atoms with Crippen molar-refractivity contribution in [2.24, 2.45) is 7.05 Å². The summed E-state index contributed by atoms with van der Waals surface area (Å²) in [6.45, 7) is -0.279. The van der Waals surface area contributed by atoms with Crippen LogP contribution in [-0.2, 0) is 23.1 Å². The predicted molar refractivity (Wildman–Crippen MR) is 128 cm³/mol. The number of nitrogens with one attached hydrogen (secondary N) is 1. The molecule has 1 aromatic heterocycles. The lowest BCUT2D eigenvalue weighted by Crippen LogP contribution is -2.31. The van der Waals surface area contributed by atoms with Crippen molar-refractivity contribution in [1.82, 2.24) is 9.88 Å². The minimum absolute atomic E-state index is 0.0869. The zero-order valence-electron chi connectivity index (χ0n) is 17.9. The quantitative estimate of drug-likeness (QED) is 0.434.